The molecule has 230 valence electrons. The molecule has 0 N–H and O–H groups in total. The summed E-state index contributed by atoms with van der Waals surface area (Å²) >= 11 is 0. The Morgan fingerprint density at radius 3 is 2.19 bits per heavy atom. The van der Waals surface area contributed by atoms with Crippen LogP contribution < -0.4 is 18.9 Å². The zero-order valence-electron chi connectivity index (χ0n) is 25.9. The number of hydrogen-bond acceptors (Lipinski definition) is 8. The molecule has 1 aliphatic heterocycles. The maximum absolute atomic E-state index is 14.1. The molecule has 0 amide bonds. The van der Waals surface area contributed by atoms with E-state index in [1.165, 1.54) is 0 Å². The molecule has 2 fully saturated rings. The fraction of sp³-hybridized carbons (Fsp3) is 0.514. The molecule has 2 aliphatic carbocycles. The number of methoxy groups -OCH3 is 3. The molecule has 8 heteroatoms. The van der Waals surface area contributed by atoms with Crippen molar-refractivity contribution < 1.29 is 33.3 Å². The van der Waals surface area contributed by atoms with Crippen LogP contribution in [0.2, 0.25) is 0 Å². The van der Waals surface area contributed by atoms with E-state index in [1.807, 2.05) is 50.2 Å². The summed E-state index contributed by atoms with van der Waals surface area (Å²) in [7, 11) is 4.81. The molecule has 0 bridgehead atoms. The van der Waals surface area contributed by atoms with Gasteiger partial charge in [0.25, 0.3) is 0 Å². The Morgan fingerprint density at radius 1 is 0.837 bits per heavy atom. The highest BCUT2D eigenvalue weighted by Gasteiger charge is 2.46. The van der Waals surface area contributed by atoms with Crippen LogP contribution in [0.25, 0.3) is 0 Å². The Hall–Kier alpha value is -3.81. The predicted octanol–water partition coefficient (Wildman–Crippen LogP) is 6.95. The summed E-state index contributed by atoms with van der Waals surface area (Å²) in [5.74, 6) is 0.977. The zero-order chi connectivity index (χ0) is 30.5. The molecule has 5 rings (SSSR count). The van der Waals surface area contributed by atoms with Crippen molar-refractivity contribution in [3.63, 3.8) is 0 Å². The number of carbonyl (C=O) groups is 2. The van der Waals surface area contributed by atoms with Gasteiger partial charge in [-0.25, -0.2) is 4.79 Å². The van der Waals surface area contributed by atoms with Gasteiger partial charge in [0.1, 0.15) is 11.9 Å². The van der Waals surface area contributed by atoms with Crippen molar-refractivity contribution >= 4 is 17.5 Å². The fourth-order valence-electron chi connectivity index (χ4n) is 6.75. The number of rotatable bonds is 10. The van der Waals surface area contributed by atoms with Crippen molar-refractivity contribution in [3.05, 3.63) is 58.8 Å². The van der Waals surface area contributed by atoms with Crippen molar-refractivity contribution in [2.75, 3.05) is 27.9 Å². The van der Waals surface area contributed by atoms with Crippen LogP contribution in [0.1, 0.15) is 88.2 Å². The van der Waals surface area contributed by atoms with Crippen LogP contribution in [-0.2, 0) is 14.3 Å². The van der Waals surface area contributed by atoms with E-state index in [-0.39, 0.29) is 23.8 Å². The fourth-order valence-corrected chi connectivity index (χ4v) is 6.75. The van der Waals surface area contributed by atoms with Crippen LogP contribution in [-0.4, -0.2) is 51.5 Å². The van der Waals surface area contributed by atoms with E-state index in [0.29, 0.717) is 53.7 Å². The number of Topliss-reactive ketones (excluding diaryl/α,β-unsaturated/α-hetero) is 1. The molecule has 3 atom stereocenters. The standard InChI is InChI=1S/C35H43NO7/c1-6-16-42-29-15-13-23(20-31(29)41-5)33-32(35(38)43-25-10-8-7-9-11-25)21(2)36-26-17-24(18-27(37)34(26)33)22-12-14-28(39-3)30(19-22)40-4/h12-15,19-20,24-25,33-34H,6-11,16-18H2,1-5H3/t24-,33-,34?/m0/s1. The molecular weight excluding hydrogens is 546 g/mol. The van der Waals surface area contributed by atoms with Gasteiger partial charge in [-0.2, -0.15) is 0 Å². The summed E-state index contributed by atoms with van der Waals surface area (Å²) in [6.45, 7) is 4.46. The van der Waals surface area contributed by atoms with E-state index in [0.717, 1.165) is 55.4 Å². The lowest BCUT2D eigenvalue weighted by Crippen LogP contribution is -2.41. The van der Waals surface area contributed by atoms with Crippen molar-refractivity contribution in [1.82, 2.24) is 0 Å². The second-order valence-corrected chi connectivity index (χ2v) is 11.7. The first kappa shape index (κ1) is 30.6. The lowest BCUT2D eigenvalue weighted by molar-refractivity contribution is -0.146. The van der Waals surface area contributed by atoms with Gasteiger partial charge in [-0.05, 0) is 86.8 Å². The maximum Gasteiger partial charge on any atom is 0.336 e. The highest BCUT2D eigenvalue weighted by atomic mass is 16.5. The van der Waals surface area contributed by atoms with E-state index >= 15 is 0 Å². The first-order valence-electron chi connectivity index (χ1n) is 15.4. The molecule has 0 aromatic heterocycles. The normalized spacial score (nSPS) is 22.4. The molecule has 2 saturated carbocycles. The van der Waals surface area contributed by atoms with Crippen LogP contribution in [0, 0.1) is 5.92 Å². The number of carbonyl (C=O) groups excluding carboxylic acids is 2. The molecule has 43 heavy (non-hydrogen) atoms. The predicted molar refractivity (Wildman–Crippen MR) is 165 cm³/mol. The van der Waals surface area contributed by atoms with E-state index < -0.39 is 11.8 Å². The number of benzene rings is 2. The molecular formula is C35H43NO7. The molecule has 0 spiro atoms. The van der Waals surface area contributed by atoms with E-state index in [4.69, 9.17) is 28.7 Å². The van der Waals surface area contributed by atoms with E-state index in [2.05, 4.69) is 0 Å². The SMILES string of the molecule is CCCOc1ccc([C@H]2C(C(=O)OC3CCCCC3)=C(C)N=C3C[C@H](c4ccc(OC)c(OC)c4)CC(=O)C32)cc1OC. The monoisotopic (exact) mass is 589 g/mol. The highest BCUT2D eigenvalue weighted by Crippen LogP contribution is 2.48. The minimum atomic E-state index is -0.568. The third-order valence-electron chi connectivity index (χ3n) is 8.89. The van der Waals surface area contributed by atoms with Crippen molar-refractivity contribution in [3.8, 4) is 23.0 Å². The van der Waals surface area contributed by atoms with Crippen molar-refractivity contribution in [1.29, 1.82) is 0 Å². The summed E-state index contributed by atoms with van der Waals surface area (Å²) in [6.07, 6.45) is 6.68. The lowest BCUT2D eigenvalue weighted by atomic mass is 9.66. The third kappa shape index (κ3) is 6.43. The third-order valence-corrected chi connectivity index (χ3v) is 8.89. The second kappa shape index (κ2) is 13.7. The van der Waals surface area contributed by atoms with Gasteiger partial charge in [0, 0.05) is 23.7 Å². The number of aliphatic imine (C=N–C) groups is 1. The number of allylic oxidation sites excluding steroid dienone is 1. The van der Waals surface area contributed by atoms with Gasteiger partial charge in [-0.15, -0.1) is 0 Å². The van der Waals surface area contributed by atoms with Crippen LogP contribution >= 0.6 is 0 Å². The molecule has 2 aromatic carbocycles. The molecule has 1 heterocycles. The number of fused-ring (bicyclic) bond motifs is 1. The lowest BCUT2D eigenvalue weighted by Gasteiger charge is -2.38. The summed E-state index contributed by atoms with van der Waals surface area (Å²) in [5, 5.41) is 0. The maximum atomic E-state index is 14.1. The minimum Gasteiger partial charge on any atom is -0.493 e. The Balaban J connectivity index is 1.54. The van der Waals surface area contributed by atoms with Crippen molar-refractivity contribution in [2.45, 2.75) is 83.2 Å². The Labute approximate surface area is 254 Å². The van der Waals surface area contributed by atoms with Crippen molar-refractivity contribution in [2.24, 2.45) is 10.9 Å². The van der Waals surface area contributed by atoms with E-state index in [9.17, 15) is 9.59 Å². The minimum absolute atomic E-state index is 0.0514. The van der Waals surface area contributed by atoms with Crippen LogP contribution in [0.4, 0.5) is 0 Å². The Kier molecular flexibility index (Phi) is 9.73. The summed E-state index contributed by atoms with van der Waals surface area (Å²) in [4.78, 5) is 33.0. The van der Waals surface area contributed by atoms with Gasteiger partial charge >= 0.3 is 5.97 Å². The van der Waals surface area contributed by atoms with Gasteiger partial charge in [-0.1, -0.05) is 25.5 Å². The smallest absolute Gasteiger partial charge is 0.336 e. The highest BCUT2D eigenvalue weighted by molar-refractivity contribution is 6.12. The van der Waals surface area contributed by atoms with Crippen LogP contribution in [0.3, 0.4) is 0 Å². The van der Waals surface area contributed by atoms with Gasteiger partial charge in [0.2, 0.25) is 0 Å². The first-order chi connectivity index (χ1) is 20.9. The number of hydrogen-bond donors (Lipinski definition) is 0. The van der Waals surface area contributed by atoms with Gasteiger partial charge in [-0.3, -0.25) is 9.79 Å². The van der Waals surface area contributed by atoms with Gasteiger partial charge in [0.15, 0.2) is 23.0 Å². The average molecular weight is 590 g/mol. The second-order valence-electron chi connectivity index (χ2n) is 11.7. The topological polar surface area (TPSA) is 92.7 Å². The molecule has 1 unspecified atom stereocenters. The van der Waals surface area contributed by atoms with E-state index in [1.54, 1.807) is 21.3 Å². The van der Waals surface area contributed by atoms with Gasteiger partial charge in [0.05, 0.1) is 39.4 Å². The largest absolute Gasteiger partial charge is 0.493 e. The molecule has 0 radical (unpaired) electrons. The Bertz CT molecular complexity index is 1400. The zero-order valence-corrected chi connectivity index (χ0v) is 25.9. The summed E-state index contributed by atoms with van der Waals surface area (Å²) in [5.41, 5.74) is 3.65. The number of esters is 1. The quantitative estimate of drug-likeness (QED) is 0.277. The average Bonchev–Trinajstić information content (AvgIpc) is 3.02. The summed E-state index contributed by atoms with van der Waals surface area (Å²) < 4.78 is 28.6. The summed E-state index contributed by atoms with van der Waals surface area (Å²) in [6, 6.07) is 11.5. The number of nitrogens with zero attached hydrogens (tertiary/aromatic N) is 1. The molecule has 8 nitrogen and oxygen atoms in total. The first-order valence-corrected chi connectivity index (χ1v) is 15.4. The number of ether oxygens (including phenoxy) is 5. The molecule has 3 aliphatic rings. The van der Waals surface area contributed by atoms with Crippen LogP contribution in [0.5, 0.6) is 23.0 Å². The van der Waals surface area contributed by atoms with Gasteiger partial charge < -0.3 is 23.7 Å². The number of ketones is 1. The van der Waals surface area contributed by atoms with Crippen LogP contribution in [0.15, 0.2) is 52.7 Å². The molecule has 0 saturated heterocycles. The molecule has 2 aromatic rings. The Morgan fingerprint density at radius 2 is 1.49 bits per heavy atom.